The van der Waals surface area contributed by atoms with Gasteiger partial charge in [0.2, 0.25) is 0 Å². The maximum absolute atomic E-state index is 15.7. The van der Waals surface area contributed by atoms with E-state index >= 15 is 4.39 Å². The van der Waals surface area contributed by atoms with E-state index in [9.17, 15) is 18.0 Å². The van der Waals surface area contributed by atoms with Gasteiger partial charge in [-0.25, -0.2) is 9.37 Å². The quantitative estimate of drug-likeness (QED) is 0.256. The van der Waals surface area contributed by atoms with E-state index in [-0.39, 0.29) is 16.9 Å². The molecule has 3 aromatic rings. The zero-order valence-corrected chi connectivity index (χ0v) is 22.2. The van der Waals surface area contributed by atoms with Gasteiger partial charge in [0, 0.05) is 61.5 Å². The summed E-state index contributed by atoms with van der Waals surface area (Å²) in [4.78, 5) is 20.5. The molecule has 5 rings (SSSR count). The van der Waals surface area contributed by atoms with Crippen molar-refractivity contribution in [1.29, 1.82) is 0 Å². The Labute approximate surface area is 223 Å². The standard InChI is InChI=1S/C27H32F4N4O2S/c1-34-16-20-19(3-2-4-21(20)33-34)23(36)15-18-5-9-26(28,10-6-18)11-14-35-12-7-22-24(8-13-35)38-25(32-22)37-17-27(29,30)31/h2-4,16,18H,5-15,17H2,1H3. The van der Waals surface area contributed by atoms with Gasteiger partial charge in [0.25, 0.3) is 5.19 Å². The lowest BCUT2D eigenvalue weighted by Gasteiger charge is -2.35. The number of halogens is 4. The predicted molar refractivity (Wildman–Crippen MR) is 138 cm³/mol. The van der Waals surface area contributed by atoms with E-state index in [1.54, 1.807) is 4.68 Å². The minimum absolute atomic E-state index is 0.0656. The summed E-state index contributed by atoms with van der Waals surface area (Å²) in [5, 5.41) is 5.31. The second-order valence-electron chi connectivity index (χ2n) is 10.6. The molecule has 1 saturated carbocycles. The number of benzene rings is 1. The lowest BCUT2D eigenvalue weighted by Crippen LogP contribution is -2.36. The van der Waals surface area contributed by atoms with E-state index in [0.717, 1.165) is 28.0 Å². The summed E-state index contributed by atoms with van der Waals surface area (Å²) in [6.07, 6.45) is 1.99. The fraction of sp³-hybridized carbons (Fsp3) is 0.593. The average molecular weight is 553 g/mol. The fourth-order valence-electron chi connectivity index (χ4n) is 5.60. The smallest absolute Gasteiger partial charge is 0.422 e. The number of rotatable bonds is 8. The third kappa shape index (κ3) is 6.54. The molecule has 0 N–H and O–H groups in total. The summed E-state index contributed by atoms with van der Waals surface area (Å²) in [6, 6.07) is 5.60. The van der Waals surface area contributed by atoms with Crippen molar-refractivity contribution in [3.8, 4) is 5.19 Å². The number of nitrogens with zero attached hydrogens (tertiary/aromatic N) is 4. The van der Waals surface area contributed by atoms with Gasteiger partial charge in [-0.1, -0.05) is 23.5 Å². The van der Waals surface area contributed by atoms with Crippen molar-refractivity contribution in [3.05, 3.63) is 40.5 Å². The van der Waals surface area contributed by atoms with Gasteiger partial charge in [0.05, 0.1) is 11.2 Å². The number of carbonyl (C=O) groups excluding carboxylic acids is 1. The monoisotopic (exact) mass is 552 g/mol. The van der Waals surface area contributed by atoms with E-state index in [1.165, 1.54) is 11.3 Å². The van der Waals surface area contributed by atoms with Crippen LogP contribution in [0.4, 0.5) is 17.6 Å². The maximum Gasteiger partial charge on any atom is 0.422 e. The molecule has 0 amide bonds. The molecular formula is C27H32F4N4O2S. The summed E-state index contributed by atoms with van der Waals surface area (Å²) in [5.74, 6) is 0.282. The van der Waals surface area contributed by atoms with Crippen molar-refractivity contribution >= 4 is 28.0 Å². The van der Waals surface area contributed by atoms with Crippen LogP contribution in [-0.4, -0.2) is 63.5 Å². The van der Waals surface area contributed by atoms with E-state index in [1.807, 2.05) is 31.4 Å². The largest absolute Gasteiger partial charge is 0.460 e. The second-order valence-corrected chi connectivity index (χ2v) is 11.7. The topological polar surface area (TPSA) is 60.2 Å². The van der Waals surface area contributed by atoms with Gasteiger partial charge in [-0.05, 0) is 50.5 Å². The fourth-order valence-corrected chi connectivity index (χ4v) is 6.54. The third-order valence-electron chi connectivity index (χ3n) is 7.75. The summed E-state index contributed by atoms with van der Waals surface area (Å²) in [6.45, 7) is 0.721. The van der Waals surface area contributed by atoms with E-state index in [4.69, 9.17) is 4.74 Å². The molecule has 0 bridgehead atoms. The lowest BCUT2D eigenvalue weighted by molar-refractivity contribution is -0.153. The first-order valence-electron chi connectivity index (χ1n) is 13.1. The molecule has 3 heterocycles. The van der Waals surface area contributed by atoms with Crippen LogP contribution in [0.15, 0.2) is 24.4 Å². The molecule has 1 aromatic carbocycles. The number of alkyl halides is 4. The Hall–Kier alpha value is -2.53. The minimum Gasteiger partial charge on any atom is -0.460 e. The molecule has 2 aromatic heterocycles. The highest BCUT2D eigenvalue weighted by molar-refractivity contribution is 7.13. The first-order chi connectivity index (χ1) is 18.1. The van der Waals surface area contributed by atoms with E-state index < -0.39 is 18.5 Å². The number of carbonyl (C=O) groups is 1. The van der Waals surface area contributed by atoms with Crippen molar-refractivity contribution in [1.82, 2.24) is 19.7 Å². The number of ketones is 1. The molecule has 0 atom stereocenters. The highest BCUT2D eigenvalue weighted by atomic mass is 32.1. The number of aromatic nitrogens is 3. The van der Waals surface area contributed by atoms with Gasteiger partial charge < -0.3 is 9.64 Å². The van der Waals surface area contributed by atoms with Crippen molar-refractivity contribution < 1.29 is 27.1 Å². The van der Waals surface area contributed by atoms with Gasteiger partial charge in [0.15, 0.2) is 12.4 Å². The van der Waals surface area contributed by atoms with Gasteiger partial charge in [0.1, 0.15) is 5.67 Å². The van der Waals surface area contributed by atoms with Crippen molar-refractivity contribution in [3.63, 3.8) is 0 Å². The Morgan fingerprint density at radius 3 is 2.74 bits per heavy atom. The molecule has 0 radical (unpaired) electrons. The SMILES string of the molecule is Cn1cc2c(C(=O)CC3CCC(F)(CCN4CCc5nc(OCC(F)(F)F)sc5CC4)CC3)cccc2n1. The summed E-state index contributed by atoms with van der Waals surface area (Å²) in [5.41, 5.74) is 1.06. The molecular weight excluding hydrogens is 520 g/mol. The average Bonchev–Trinajstić information content (AvgIpc) is 3.39. The molecule has 38 heavy (non-hydrogen) atoms. The molecule has 1 aliphatic carbocycles. The van der Waals surface area contributed by atoms with Crippen LogP contribution in [-0.2, 0) is 19.9 Å². The molecule has 0 unspecified atom stereocenters. The number of fused-ring (bicyclic) bond motifs is 2. The van der Waals surface area contributed by atoms with Crippen LogP contribution >= 0.6 is 11.3 Å². The Bertz CT molecular complexity index is 1250. The number of ether oxygens (including phenoxy) is 1. The molecule has 0 saturated heterocycles. The molecule has 2 aliphatic rings. The first-order valence-corrected chi connectivity index (χ1v) is 13.9. The summed E-state index contributed by atoms with van der Waals surface area (Å²) >= 11 is 1.18. The summed E-state index contributed by atoms with van der Waals surface area (Å²) in [7, 11) is 1.84. The van der Waals surface area contributed by atoms with Crippen LogP contribution < -0.4 is 4.74 Å². The number of aryl methyl sites for hydroxylation is 1. The molecule has 0 spiro atoms. The molecule has 1 aliphatic heterocycles. The predicted octanol–water partition coefficient (Wildman–Crippen LogP) is 5.93. The third-order valence-corrected chi connectivity index (χ3v) is 8.82. The van der Waals surface area contributed by atoms with E-state index in [0.29, 0.717) is 70.0 Å². The highest BCUT2D eigenvalue weighted by Gasteiger charge is 2.36. The second kappa shape index (κ2) is 10.9. The first kappa shape index (κ1) is 27.1. The molecule has 6 nitrogen and oxygen atoms in total. The van der Waals surface area contributed by atoms with Crippen LogP contribution in [0.2, 0.25) is 0 Å². The Morgan fingerprint density at radius 1 is 1.21 bits per heavy atom. The maximum atomic E-state index is 15.7. The Morgan fingerprint density at radius 2 is 1.97 bits per heavy atom. The van der Waals surface area contributed by atoms with Gasteiger partial charge in [-0.2, -0.15) is 18.3 Å². The van der Waals surface area contributed by atoms with Crippen molar-refractivity contribution in [2.75, 3.05) is 26.2 Å². The number of Topliss-reactive ketones (excluding diaryl/α,β-unsaturated/α-hetero) is 1. The van der Waals surface area contributed by atoms with Gasteiger partial charge in [-0.15, -0.1) is 0 Å². The number of thiazole rings is 1. The summed E-state index contributed by atoms with van der Waals surface area (Å²) < 4.78 is 59.4. The Kier molecular flexibility index (Phi) is 7.77. The van der Waals surface area contributed by atoms with E-state index in [2.05, 4.69) is 15.0 Å². The van der Waals surface area contributed by atoms with Gasteiger partial charge >= 0.3 is 6.18 Å². The normalized spacial score (nSPS) is 22.8. The van der Waals surface area contributed by atoms with Crippen molar-refractivity contribution in [2.45, 2.75) is 63.2 Å². The highest BCUT2D eigenvalue weighted by Crippen LogP contribution is 2.40. The zero-order valence-electron chi connectivity index (χ0n) is 21.4. The number of hydrogen-bond acceptors (Lipinski definition) is 6. The van der Waals surface area contributed by atoms with Crippen LogP contribution in [0.25, 0.3) is 10.9 Å². The van der Waals surface area contributed by atoms with Crippen LogP contribution in [0, 0.1) is 5.92 Å². The van der Waals surface area contributed by atoms with Gasteiger partial charge in [-0.3, -0.25) is 9.48 Å². The van der Waals surface area contributed by atoms with Crippen LogP contribution in [0.5, 0.6) is 5.19 Å². The minimum atomic E-state index is -4.38. The number of hydrogen-bond donors (Lipinski definition) is 0. The van der Waals surface area contributed by atoms with Crippen LogP contribution in [0.3, 0.4) is 0 Å². The van der Waals surface area contributed by atoms with Crippen molar-refractivity contribution in [2.24, 2.45) is 13.0 Å². The Balaban J connectivity index is 1.07. The van der Waals surface area contributed by atoms with Crippen LogP contribution in [0.1, 0.15) is 59.5 Å². The molecule has 1 fully saturated rings. The molecule has 11 heteroatoms. The lowest BCUT2D eigenvalue weighted by atomic mass is 9.76. The molecule has 206 valence electrons. The zero-order chi connectivity index (χ0) is 26.9.